The van der Waals surface area contributed by atoms with E-state index in [-0.39, 0.29) is 42.9 Å². The van der Waals surface area contributed by atoms with E-state index in [1.54, 1.807) is 0 Å². The second-order valence-electron chi connectivity index (χ2n) is 8.19. The number of rotatable bonds is 7. The Bertz CT molecular complexity index is 997. The molecule has 3 rings (SSSR count). The molecule has 2 aromatic rings. The van der Waals surface area contributed by atoms with Gasteiger partial charge in [0.2, 0.25) is 11.9 Å². The van der Waals surface area contributed by atoms with Gasteiger partial charge >= 0.3 is 12.2 Å². The molecule has 0 spiro atoms. The van der Waals surface area contributed by atoms with Crippen molar-refractivity contribution in [3.63, 3.8) is 0 Å². The number of carbonyl (C=O) groups is 2. The van der Waals surface area contributed by atoms with Gasteiger partial charge in [-0.1, -0.05) is 13.8 Å². The lowest BCUT2D eigenvalue weighted by molar-refractivity contribution is -0.137. The Morgan fingerprint density at radius 3 is 2.45 bits per heavy atom. The van der Waals surface area contributed by atoms with Gasteiger partial charge < -0.3 is 15.0 Å². The number of aromatic nitrogens is 3. The van der Waals surface area contributed by atoms with E-state index in [2.05, 4.69) is 20.3 Å². The fraction of sp³-hybridized carbons (Fsp3) is 0.476. The summed E-state index contributed by atoms with van der Waals surface area (Å²) in [6.07, 6.45) is -0.726. The first-order valence-electron chi connectivity index (χ1n) is 10.4. The first kappa shape index (κ1) is 24.2. The van der Waals surface area contributed by atoms with Gasteiger partial charge in [0.1, 0.15) is 12.4 Å². The van der Waals surface area contributed by atoms with E-state index in [9.17, 15) is 22.8 Å². The van der Waals surface area contributed by atoms with Gasteiger partial charge in [0.15, 0.2) is 5.75 Å². The monoisotopic (exact) mass is 466 g/mol. The molecule has 0 aliphatic carbocycles. The first-order chi connectivity index (χ1) is 15.5. The summed E-state index contributed by atoms with van der Waals surface area (Å²) >= 11 is 0. The number of ether oxygens (including phenoxy) is 1. The normalized spacial score (nSPS) is 16.6. The number of nitrogens with one attached hydrogen (secondary N) is 1. The summed E-state index contributed by atoms with van der Waals surface area (Å²) in [6, 6.07) is 0.750. The fourth-order valence-electron chi connectivity index (χ4n) is 3.38. The van der Waals surface area contributed by atoms with Crippen molar-refractivity contribution >= 4 is 23.7 Å². The molecule has 0 bridgehead atoms. The summed E-state index contributed by atoms with van der Waals surface area (Å²) in [5.41, 5.74) is -0.932. The lowest BCUT2D eigenvalue weighted by Gasteiger charge is -2.25. The van der Waals surface area contributed by atoms with E-state index in [1.165, 1.54) is 22.2 Å². The summed E-state index contributed by atoms with van der Waals surface area (Å²) in [7, 11) is 0. The second-order valence-corrected chi connectivity index (χ2v) is 8.19. The van der Waals surface area contributed by atoms with Crippen LogP contribution in [0.2, 0.25) is 0 Å². The first-order valence-corrected chi connectivity index (χ1v) is 10.4. The number of hydrogen-bond acceptors (Lipinski definition) is 6. The summed E-state index contributed by atoms with van der Waals surface area (Å²) in [5.74, 6) is -0.274. The van der Waals surface area contributed by atoms with E-state index < -0.39 is 23.7 Å². The van der Waals surface area contributed by atoms with Gasteiger partial charge in [-0.15, -0.1) is 0 Å². The number of urea groups is 1. The molecular formula is C21H25F3N6O3. The number of hydrogen-bond donors (Lipinski definition) is 1. The minimum atomic E-state index is -4.56. The molecule has 1 fully saturated rings. The Labute approximate surface area is 189 Å². The number of pyridine rings is 1. The lowest BCUT2D eigenvalue weighted by Crippen LogP contribution is -2.43. The summed E-state index contributed by atoms with van der Waals surface area (Å²) in [5, 5.41) is 2.33. The third-order valence-corrected chi connectivity index (χ3v) is 4.91. The Kier molecular flexibility index (Phi) is 7.04. The van der Waals surface area contributed by atoms with Crippen LogP contribution < -0.4 is 15.0 Å². The molecule has 1 N–H and O–H groups in total. The average Bonchev–Trinajstić information content (AvgIpc) is 3.04. The number of nitrogens with zero attached hydrogens (tertiary/aromatic N) is 5. The van der Waals surface area contributed by atoms with Crippen molar-refractivity contribution in [3.05, 3.63) is 36.3 Å². The van der Waals surface area contributed by atoms with Gasteiger partial charge in [0.25, 0.3) is 0 Å². The highest BCUT2D eigenvalue weighted by Gasteiger charge is 2.41. The van der Waals surface area contributed by atoms with Crippen LogP contribution in [0.25, 0.3) is 0 Å². The zero-order chi connectivity index (χ0) is 24.3. The molecule has 2 aromatic heterocycles. The van der Waals surface area contributed by atoms with E-state index in [4.69, 9.17) is 4.74 Å². The van der Waals surface area contributed by atoms with Crippen LogP contribution in [-0.2, 0) is 11.0 Å². The van der Waals surface area contributed by atoms with Crippen LogP contribution in [0.3, 0.4) is 0 Å². The van der Waals surface area contributed by atoms with Crippen LogP contribution >= 0.6 is 0 Å². The SMILES string of the molecule is CC(C)Oc1cnc(N2C[C@H](C(C)C)N(CC(=O)Nc3cc(C(F)(F)F)ccn3)C2=O)nc1. The number of amides is 3. The Hall–Kier alpha value is -3.44. The van der Waals surface area contributed by atoms with E-state index in [1.807, 2.05) is 27.7 Å². The standard InChI is InChI=1S/C21H25F3N6O3/c1-12(2)16-10-30(19-26-8-15(9-27-19)33-13(3)4)20(32)29(16)11-18(31)28-17-7-14(5-6-25-17)21(22,23)24/h5-9,12-13,16H,10-11H2,1-4H3,(H,25,28,31)/t16-/m1/s1. The quantitative estimate of drug-likeness (QED) is 0.670. The number of halogens is 3. The highest BCUT2D eigenvalue weighted by molar-refractivity contribution is 5.98. The van der Waals surface area contributed by atoms with Gasteiger partial charge in [-0.3, -0.25) is 9.69 Å². The van der Waals surface area contributed by atoms with Crippen molar-refractivity contribution in [2.75, 3.05) is 23.3 Å². The van der Waals surface area contributed by atoms with Gasteiger partial charge in [-0.05, 0) is 31.9 Å². The minimum absolute atomic E-state index is 0.00183. The van der Waals surface area contributed by atoms with Crippen LogP contribution in [0.1, 0.15) is 33.3 Å². The van der Waals surface area contributed by atoms with Crippen LogP contribution in [0.15, 0.2) is 30.7 Å². The molecule has 1 saturated heterocycles. The Balaban J connectivity index is 1.72. The molecule has 1 aliphatic heterocycles. The summed E-state index contributed by atoms with van der Waals surface area (Å²) in [4.78, 5) is 40.5. The smallest absolute Gasteiger partial charge is 0.416 e. The van der Waals surface area contributed by atoms with Gasteiger partial charge in [-0.25, -0.2) is 19.7 Å². The van der Waals surface area contributed by atoms with Crippen molar-refractivity contribution in [2.24, 2.45) is 5.92 Å². The average molecular weight is 466 g/mol. The molecular weight excluding hydrogens is 441 g/mol. The largest absolute Gasteiger partial charge is 0.488 e. The van der Waals surface area contributed by atoms with Crippen molar-refractivity contribution < 1.29 is 27.5 Å². The van der Waals surface area contributed by atoms with Gasteiger partial charge in [-0.2, -0.15) is 13.2 Å². The molecule has 0 radical (unpaired) electrons. The predicted molar refractivity (Wildman–Crippen MR) is 114 cm³/mol. The molecule has 3 amide bonds. The van der Waals surface area contributed by atoms with Crippen LogP contribution in [0.5, 0.6) is 5.75 Å². The molecule has 33 heavy (non-hydrogen) atoms. The molecule has 0 saturated carbocycles. The molecule has 1 aliphatic rings. The maximum Gasteiger partial charge on any atom is 0.416 e. The lowest BCUT2D eigenvalue weighted by atomic mass is 10.0. The molecule has 0 unspecified atom stereocenters. The maximum absolute atomic E-state index is 13.1. The van der Waals surface area contributed by atoms with Crippen LogP contribution in [0.4, 0.5) is 29.7 Å². The van der Waals surface area contributed by atoms with Crippen molar-refractivity contribution in [1.29, 1.82) is 0 Å². The molecule has 1 atom stereocenters. The third kappa shape index (κ3) is 5.88. The Morgan fingerprint density at radius 2 is 1.88 bits per heavy atom. The zero-order valence-electron chi connectivity index (χ0n) is 18.6. The van der Waals surface area contributed by atoms with Crippen molar-refractivity contribution in [1.82, 2.24) is 19.9 Å². The van der Waals surface area contributed by atoms with Crippen LogP contribution in [-0.4, -0.2) is 57.0 Å². The zero-order valence-corrected chi connectivity index (χ0v) is 18.6. The highest BCUT2D eigenvalue weighted by atomic mass is 19.4. The van der Waals surface area contributed by atoms with E-state index in [0.29, 0.717) is 5.75 Å². The second kappa shape index (κ2) is 9.59. The van der Waals surface area contributed by atoms with Crippen molar-refractivity contribution in [2.45, 2.75) is 46.0 Å². The molecule has 9 nitrogen and oxygen atoms in total. The molecule has 0 aromatic carbocycles. The van der Waals surface area contributed by atoms with Gasteiger partial charge in [0, 0.05) is 6.20 Å². The number of carbonyl (C=O) groups excluding carboxylic acids is 2. The summed E-state index contributed by atoms with van der Waals surface area (Å²) < 4.78 is 44.2. The predicted octanol–water partition coefficient (Wildman–Crippen LogP) is 3.58. The number of anilines is 2. The topological polar surface area (TPSA) is 101 Å². The van der Waals surface area contributed by atoms with E-state index >= 15 is 0 Å². The summed E-state index contributed by atoms with van der Waals surface area (Å²) in [6.45, 7) is 7.44. The van der Waals surface area contributed by atoms with Crippen LogP contribution in [0, 0.1) is 5.92 Å². The highest BCUT2D eigenvalue weighted by Crippen LogP contribution is 2.30. The minimum Gasteiger partial charge on any atom is -0.488 e. The molecule has 178 valence electrons. The maximum atomic E-state index is 13.1. The Morgan fingerprint density at radius 1 is 1.21 bits per heavy atom. The molecule has 12 heteroatoms. The van der Waals surface area contributed by atoms with Gasteiger partial charge in [0.05, 0.1) is 36.6 Å². The van der Waals surface area contributed by atoms with Crippen molar-refractivity contribution in [3.8, 4) is 5.75 Å². The number of alkyl halides is 3. The fourth-order valence-corrected chi connectivity index (χ4v) is 3.38. The molecule has 3 heterocycles. The third-order valence-electron chi connectivity index (χ3n) is 4.91. The van der Waals surface area contributed by atoms with E-state index in [0.717, 1.165) is 18.3 Å².